The number of rotatable bonds is 1. The van der Waals surface area contributed by atoms with Crippen LogP contribution in [-0.4, -0.2) is 9.97 Å². The van der Waals surface area contributed by atoms with Crippen molar-refractivity contribution in [2.75, 3.05) is 0 Å². The number of aromatic nitrogens is 2. The van der Waals surface area contributed by atoms with Crippen LogP contribution in [0.3, 0.4) is 0 Å². The van der Waals surface area contributed by atoms with Crippen molar-refractivity contribution >= 4 is 12.2 Å². The molecule has 0 radical (unpaired) electrons. The molecule has 1 saturated carbocycles. The zero-order valence-corrected chi connectivity index (χ0v) is 8.16. The SMILES string of the molecule is Cc1nc(=S)c(C)c(C2CC2)[nH]1. The van der Waals surface area contributed by atoms with Gasteiger partial charge < -0.3 is 4.98 Å². The second kappa shape index (κ2) is 2.66. The Morgan fingerprint density at radius 2 is 2.08 bits per heavy atom. The molecule has 0 aromatic carbocycles. The predicted molar refractivity (Wildman–Crippen MR) is 50.9 cm³/mol. The molecule has 3 heteroatoms. The van der Waals surface area contributed by atoms with E-state index in [1.165, 1.54) is 18.5 Å². The van der Waals surface area contributed by atoms with Crippen LogP contribution in [0, 0.1) is 18.5 Å². The Bertz CT molecular complexity index is 363. The number of nitrogens with zero attached hydrogens (tertiary/aromatic N) is 1. The molecule has 1 aromatic rings. The van der Waals surface area contributed by atoms with Crippen molar-refractivity contribution in [2.24, 2.45) is 0 Å². The number of hydrogen-bond donors (Lipinski definition) is 1. The highest BCUT2D eigenvalue weighted by molar-refractivity contribution is 7.71. The van der Waals surface area contributed by atoms with Gasteiger partial charge in [0.15, 0.2) is 0 Å². The lowest BCUT2D eigenvalue weighted by Gasteiger charge is -2.04. The van der Waals surface area contributed by atoms with E-state index in [0.29, 0.717) is 0 Å². The number of nitrogens with one attached hydrogen (secondary N) is 1. The molecule has 1 N–H and O–H groups in total. The van der Waals surface area contributed by atoms with Gasteiger partial charge in [-0.25, -0.2) is 4.98 Å². The lowest BCUT2D eigenvalue weighted by molar-refractivity contribution is 0.909. The van der Waals surface area contributed by atoms with Crippen molar-refractivity contribution in [3.8, 4) is 0 Å². The maximum Gasteiger partial charge on any atom is 0.132 e. The van der Waals surface area contributed by atoms with E-state index in [1.807, 2.05) is 6.92 Å². The zero-order valence-electron chi connectivity index (χ0n) is 7.35. The van der Waals surface area contributed by atoms with E-state index in [1.54, 1.807) is 0 Å². The molecule has 2 rings (SSSR count). The van der Waals surface area contributed by atoms with Gasteiger partial charge in [-0.15, -0.1) is 0 Å². The Balaban J connectivity index is 2.58. The Labute approximate surface area is 77.0 Å². The van der Waals surface area contributed by atoms with Gasteiger partial charge in [0, 0.05) is 11.3 Å². The third-order valence-corrected chi connectivity index (χ3v) is 2.69. The van der Waals surface area contributed by atoms with Crippen molar-refractivity contribution in [1.82, 2.24) is 9.97 Å². The fourth-order valence-corrected chi connectivity index (χ4v) is 1.70. The number of aryl methyl sites for hydroxylation is 1. The highest BCUT2D eigenvalue weighted by Gasteiger charge is 2.26. The van der Waals surface area contributed by atoms with Gasteiger partial charge in [0.2, 0.25) is 0 Å². The van der Waals surface area contributed by atoms with Gasteiger partial charge in [-0.3, -0.25) is 0 Å². The van der Waals surface area contributed by atoms with Crippen LogP contribution < -0.4 is 0 Å². The minimum Gasteiger partial charge on any atom is -0.347 e. The largest absolute Gasteiger partial charge is 0.347 e. The molecular formula is C9H12N2S. The topological polar surface area (TPSA) is 28.7 Å². The standard InChI is InChI=1S/C9H12N2S/c1-5-8(7-3-4-7)10-6(2)11-9(5)12/h7H,3-4H2,1-2H3,(H,10,11,12). The van der Waals surface area contributed by atoms with E-state index in [9.17, 15) is 0 Å². The summed E-state index contributed by atoms with van der Waals surface area (Å²) in [7, 11) is 0. The van der Waals surface area contributed by atoms with E-state index in [2.05, 4.69) is 16.9 Å². The first-order valence-corrected chi connectivity index (χ1v) is 4.66. The molecule has 0 unspecified atom stereocenters. The molecule has 0 aliphatic heterocycles. The summed E-state index contributed by atoms with van der Waals surface area (Å²) in [4.78, 5) is 7.50. The van der Waals surface area contributed by atoms with Gasteiger partial charge in [-0.1, -0.05) is 12.2 Å². The van der Waals surface area contributed by atoms with Crippen molar-refractivity contribution in [2.45, 2.75) is 32.6 Å². The van der Waals surface area contributed by atoms with Gasteiger partial charge in [-0.05, 0) is 32.6 Å². The van der Waals surface area contributed by atoms with Crippen LogP contribution in [0.15, 0.2) is 0 Å². The Morgan fingerprint density at radius 3 is 2.67 bits per heavy atom. The van der Waals surface area contributed by atoms with Crippen LogP contribution in [0.5, 0.6) is 0 Å². The highest BCUT2D eigenvalue weighted by Crippen LogP contribution is 2.40. The van der Waals surface area contributed by atoms with E-state index in [-0.39, 0.29) is 0 Å². The van der Waals surface area contributed by atoms with E-state index in [4.69, 9.17) is 12.2 Å². The molecule has 1 aromatic heterocycles. The minimum absolute atomic E-state index is 0.730. The average molecular weight is 180 g/mol. The van der Waals surface area contributed by atoms with Gasteiger partial charge in [-0.2, -0.15) is 0 Å². The van der Waals surface area contributed by atoms with Crippen LogP contribution >= 0.6 is 12.2 Å². The molecular weight excluding hydrogens is 168 g/mol. The minimum atomic E-state index is 0.730. The molecule has 1 aliphatic rings. The number of hydrogen-bond acceptors (Lipinski definition) is 2. The normalized spacial score (nSPS) is 16.5. The van der Waals surface area contributed by atoms with Crippen molar-refractivity contribution in [3.63, 3.8) is 0 Å². The molecule has 1 aliphatic carbocycles. The monoisotopic (exact) mass is 180 g/mol. The smallest absolute Gasteiger partial charge is 0.132 e. The van der Waals surface area contributed by atoms with Crippen molar-refractivity contribution < 1.29 is 0 Å². The predicted octanol–water partition coefficient (Wildman–Crippen LogP) is 2.63. The van der Waals surface area contributed by atoms with E-state index < -0.39 is 0 Å². The van der Waals surface area contributed by atoms with Gasteiger partial charge >= 0.3 is 0 Å². The molecule has 1 heterocycles. The summed E-state index contributed by atoms with van der Waals surface area (Å²) in [5, 5.41) is 0. The fourth-order valence-electron chi connectivity index (χ4n) is 1.45. The molecule has 0 amide bonds. The first-order valence-electron chi connectivity index (χ1n) is 4.26. The van der Waals surface area contributed by atoms with Crippen LogP contribution in [0.1, 0.15) is 35.8 Å². The van der Waals surface area contributed by atoms with Crippen LogP contribution in [-0.2, 0) is 0 Å². The highest BCUT2D eigenvalue weighted by atomic mass is 32.1. The summed E-state index contributed by atoms with van der Waals surface area (Å²) < 4.78 is 0.758. The van der Waals surface area contributed by atoms with Gasteiger partial charge in [0.05, 0.1) is 0 Å². The maximum atomic E-state index is 5.14. The second-order valence-corrected chi connectivity index (χ2v) is 3.83. The summed E-state index contributed by atoms with van der Waals surface area (Å²) in [6.07, 6.45) is 2.60. The first-order chi connectivity index (χ1) is 5.68. The molecule has 12 heavy (non-hydrogen) atoms. The Morgan fingerprint density at radius 1 is 1.42 bits per heavy atom. The first kappa shape index (κ1) is 7.92. The molecule has 0 saturated heterocycles. The lowest BCUT2D eigenvalue weighted by Crippen LogP contribution is -1.98. The van der Waals surface area contributed by atoms with Crippen molar-refractivity contribution in [1.29, 1.82) is 0 Å². The van der Waals surface area contributed by atoms with Gasteiger partial charge in [0.1, 0.15) is 10.5 Å². The molecule has 0 atom stereocenters. The Kier molecular flexibility index (Phi) is 1.76. The summed E-state index contributed by atoms with van der Waals surface area (Å²) in [5.74, 6) is 1.67. The molecule has 64 valence electrons. The lowest BCUT2D eigenvalue weighted by atomic mass is 10.2. The number of H-pyrrole nitrogens is 1. The Hall–Kier alpha value is -0.700. The van der Waals surface area contributed by atoms with Crippen molar-refractivity contribution in [3.05, 3.63) is 21.7 Å². The molecule has 1 fully saturated rings. The quantitative estimate of drug-likeness (QED) is 0.673. The third-order valence-electron chi connectivity index (χ3n) is 2.30. The average Bonchev–Trinajstić information content (AvgIpc) is 2.79. The molecule has 2 nitrogen and oxygen atoms in total. The second-order valence-electron chi connectivity index (χ2n) is 3.44. The molecule has 0 bridgehead atoms. The fraction of sp³-hybridized carbons (Fsp3) is 0.556. The van der Waals surface area contributed by atoms with Gasteiger partial charge in [0.25, 0.3) is 0 Å². The van der Waals surface area contributed by atoms with Crippen LogP contribution in [0.2, 0.25) is 0 Å². The van der Waals surface area contributed by atoms with Crippen LogP contribution in [0.4, 0.5) is 0 Å². The number of aromatic amines is 1. The summed E-state index contributed by atoms with van der Waals surface area (Å²) in [6.45, 7) is 4.01. The summed E-state index contributed by atoms with van der Waals surface area (Å²) in [5.41, 5.74) is 2.48. The summed E-state index contributed by atoms with van der Waals surface area (Å²) >= 11 is 5.14. The van der Waals surface area contributed by atoms with E-state index >= 15 is 0 Å². The van der Waals surface area contributed by atoms with Crippen LogP contribution in [0.25, 0.3) is 0 Å². The maximum absolute atomic E-state index is 5.14. The molecule has 0 spiro atoms. The van der Waals surface area contributed by atoms with E-state index in [0.717, 1.165) is 21.9 Å². The zero-order chi connectivity index (χ0) is 8.72. The third kappa shape index (κ3) is 1.29. The summed E-state index contributed by atoms with van der Waals surface area (Å²) in [6, 6.07) is 0.